The van der Waals surface area contributed by atoms with Crippen LogP contribution in [0.1, 0.15) is 35.0 Å². The van der Waals surface area contributed by atoms with Gasteiger partial charge in [-0.15, -0.1) is 11.3 Å². The molecule has 3 rings (SSSR count). The van der Waals surface area contributed by atoms with Gasteiger partial charge in [-0.3, -0.25) is 4.79 Å². The Morgan fingerprint density at radius 1 is 1.06 bits per heavy atom. The van der Waals surface area contributed by atoms with Gasteiger partial charge < -0.3 is 14.8 Å². The molecule has 0 unspecified atom stereocenters. The summed E-state index contributed by atoms with van der Waals surface area (Å²) >= 11 is 7.24. The summed E-state index contributed by atoms with van der Waals surface area (Å²) in [6.07, 6.45) is 0.812. The van der Waals surface area contributed by atoms with E-state index in [2.05, 4.69) is 5.32 Å². The van der Waals surface area contributed by atoms with Crippen LogP contribution in [0.2, 0.25) is 5.02 Å². The number of benzene rings is 2. The highest BCUT2D eigenvalue weighted by molar-refractivity contribution is 7.17. The number of amides is 1. The van der Waals surface area contributed by atoms with Crippen molar-refractivity contribution in [2.45, 2.75) is 26.7 Å². The number of hydrogen-bond acceptors (Lipinski definition) is 5. The lowest BCUT2D eigenvalue weighted by Gasteiger charge is -2.09. The first-order chi connectivity index (χ1) is 15.0. The fourth-order valence-corrected chi connectivity index (χ4v) is 4.33. The number of aryl methyl sites for hydroxylation is 1. The van der Waals surface area contributed by atoms with Gasteiger partial charge in [0.2, 0.25) is 5.91 Å². The molecule has 0 atom stereocenters. The number of rotatable bonds is 9. The summed E-state index contributed by atoms with van der Waals surface area (Å²) < 4.78 is 10.9. The van der Waals surface area contributed by atoms with E-state index in [0.717, 1.165) is 16.0 Å². The molecule has 5 nitrogen and oxygen atoms in total. The standard InChI is InChI=1S/C24H24ClNO4S/c1-3-29-24(28)22-21(17-8-5-4-6-9-17)16(2)31-23(22)26-20(27)10-7-15-30-19-13-11-18(25)12-14-19/h4-6,8-9,11-14H,3,7,10,15H2,1-2H3,(H,26,27). The van der Waals surface area contributed by atoms with Gasteiger partial charge in [0.25, 0.3) is 0 Å². The third-order valence-corrected chi connectivity index (χ3v) is 5.78. The number of thiophene rings is 1. The average molecular weight is 458 g/mol. The van der Waals surface area contributed by atoms with E-state index in [-0.39, 0.29) is 18.9 Å². The summed E-state index contributed by atoms with van der Waals surface area (Å²) in [5, 5.41) is 4.05. The van der Waals surface area contributed by atoms with Gasteiger partial charge >= 0.3 is 5.97 Å². The SMILES string of the molecule is CCOC(=O)c1c(NC(=O)CCCOc2ccc(Cl)cc2)sc(C)c1-c1ccccc1. The molecular weight excluding hydrogens is 434 g/mol. The molecule has 0 aliphatic heterocycles. The van der Waals surface area contributed by atoms with E-state index >= 15 is 0 Å². The molecule has 0 fully saturated rings. The monoisotopic (exact) mass is 457 g/mol. The van der Waals surface area contributed by atoms with E-state index in [1.54, 1.807) is 31.2 Å². The minimum Gasteiger partial charge on any atom is -0.494 e. The van der Waals surface area contributed by atoms with E-state index in [4.69, 9.17) is 21.1 Å². The lowest BCUT2D eigenvalue weighted by atomic mass is 10.0. The van der Waals surface area contributed by atoms with E-state index in [1.807, 2.05) is 37.3 Å². The van der Waals surface area contributed by atoms with E-state index in [1.165, 1.54) is 11.3 Å². The maximum absolute atomic E-state index is 12.7. The molecule has 0 radical (unpaired) electrons. The minimum absolute atomic E-state index is 0.175. The molecule has 0 saturated heterocycles. The summed E-state index contributed by atoms with van der Waals surface area (Å²) in [6.45, 7) is 4.36. The van der Waals surface area contributed by atoms with E-state index < -0.39 is 5.97 Å². The predicted octanol–water partition coefficient (Wildman–Crippen LogP) is 6.35. The Kier molecular flexibility index (Phi) is 8.09. The van der Waals surface area contributed by atoms with Crippen LogP contribution in [0.4, 0.5) is 5.00 Å². The number of carbonyl (C=O) groups is 2. The van der Waals surface area contributed by atoms with Gasteiger partial charge in [0.05, 0.1) is 13.2 Å². The second kappa shape index (κ2) is 11.0. The molecular formula is C24H24ClNO4S. The number of hydrogen-bond donors (Lipinski definition) is 1. The van der Waals surface area contributed by atoms with Gasteiger partial charge in [-0.05, 0) is 50.1 Å². The molecule has 7 heteroatoms. The van der Waals surface area contributed by atoms with Crippen molar-refractivity contribution in [2.24, 2.45) is 0 Å². The van der Waals surface area contributed by atoms with Gasteiger partial charge in [-0.25, -0.2) is 4.79 Å². The van der Waals surface area contributed by atoms with Crippen LogP contribution in [0.15, 0.2) is 54.6 Å². The van der Waals surface area contributed by atoms with Crippen LogP contribution in [0.5, 0.6) is 5.75 Å². The molecule has 1 N–H and O–H groups in total. The van der Waals surface area contributed by atoms with Crippen LogP contribution >= 0.6 is 22.9 Å². The zero-order chi connectivity index (χ0) is 22.2. The highest BCUT2D eigenvalue weighted by Gasteiger charge is 2.25. The lowest BCUT2D eigenvalue weighted by molar-refractivity contribution is -0.116. The molecule has 1 heterocycles. The van der Waals surface area contributed by atoms with Crippen LogP contribution in [-0.4, -0.2) is 25.1 Å². The molecule has 2 aromatic carbocycles. The number of carbonyl (C=O) groups excluding carboxylic acids is 2. The van der Waals surface area contributed by atoms with Crippen molar-refractivity contribution in [2.75, 3.05) is 18.5 Å². The Morgan fingerprint density at radius 3 is 2.45 bits per heavy atom. The fraction of sp³-hybridized carbons (Fsp3) is 0.250. The smallest absolute Gasteiger partial charge is 0.341 e. The first-order valence-electron chi connectivity index (χ1n) is 10.0. The van der Waals surface area contributed by atoms with Gasteiger partial charge in [0.15, 0.2) is 0 Å². The molecule has 0 bridgehead atoms. The largest absolute Gasteiger partial charge is 0.494 e. The summed E-state index contributed by atoms with van der Waals surface area (Å²) in [5.41, 5.74) is 2.11. The summed E-state index contributed by atoms with van der Waals surface area (Å²) in [7, 11) is 0. The molecule has 1 aromatic heterocycles. The van der Waals surface area contributed by atoms with Crippen LogP contribution in [-0.2, 0) is 9.53 Å². The fourth-order valence-electron chi connectivity index (χ4n) is 3.13. The van der Waals surface area contributed by atoms with Gasteiger partial charge in [-0.1, -0.05) is 41.9 Å². The molecule has 0 aliphatic rings. The van der Waals surface area contributed by atoms with Gasteiger partial charge in [0, 0.05) is 21.9 Å². The third kappa shape index (κ3) is 6.09. The maximum atomic E-state index is 12.7. The highest BCUT2D eigenvalue weighted by atomic mass is 35.5. The first-order valence-corrected chi connectivity index (χ1v) is 11.2. The average Bonchev–Trinajstić information content (AvgIpc) is 3.08. The molecule has 31 heavy (non-hydrogen) atoms. The molecule has 0 saturated carbocycles. The molecule has 3 aromatic rings. The van der Waals surface area contributed by atoms with Crippen LogP contribution in [0.25, 0.3) is 11.1 Å². The van der Waals surface area contributed by atoms with Crippen LogP contribution in [0.3, 0.4) is 0 Å². The lowest BCUT2D eigenvalue weighted by Crippen LogP contribution is -2.15. The third-order valence-electron chi connectivity index (χ3n) is 4.51. The molecule has 0 aliphatic carbocycles. The Hall–Kier alpha value is -2.83. The quantitative estimate of drug-likeness (QED) is 0.300. The van der Waals surface area contributed by atoms with Crippen molar-refractivity contribution in [3.05, 3.63) is 70.1 Å². The molecule has 1 amide bonds. The normalized spacial score (nSPS) is 10.5. The van der Waals surface area contributed by atoms with Gasteiger partial charge in [0.1, 0.15) is 16.3 Å². The number of ether oxygens (including phenoxy) is 2. The minimum atomic E-state index is -0.438. The molecule has 162 valence electrons. The van der Waals surface area contributed by atoms with Crippen molar-refractivity contribution < 1.29 is 19.1 Å². The van der Waals surface area contributed by atoms with Crippen molar-refractivity contribution in [3.8, 4) is 16.9 Å². The summed E-state index contributed by atoms with van der Waals surface area (Å²) in [4.78, 5) is 26.2. The van der Waals surface area contributed by atoms with E-state index in [9.17, 15) is 9.59 Å². The zero-order valence-corrected chi connectivity index (χ0v) is 19.0. The second-order valence-electron chi connectivity index (χ2n) is 6.78. The van der Waals surface area contributed by atoms with Crippen molar-refractivity contribution >= 4 is 39.8 Å². The van der Waals surface area contributed by atoms with Crippen LogP contribution < -0.4 is 10.1 Å². The predicted molar refractivity (Wildman–Crippen MR) is 125 cm³/mol. The number of halogens is 1. The zero-order valence-electron chi connectivity index (χ0n) is 17.4. The molecule has 0 spiro atoms. The van der Waals surface area contributed by atoms with Crippen molar-refractivity contribution in [3.63, 3.8) is 0 Å². The number of nitrogens with one attached hydrogen (secondary N) is 1. The van der Waals surface area contributed by atoms with E-state index in [0.29, 0.717) is 34.4 Å². The van der Waals surface area contributed by atoms with Crippen molar-refractivity contribution in [1.82, 2.24) is 0 Å². The first kappa shape index (κ1) is 22.8. The Bertz CT molecular complexity index is 1030. The van der Waals surface area contributed by atoms with Crippen LogP contribution in [0, 0.1) is 6.92 Å². The second-order valence-corrected chi connectivity index (χ2v) is 8.44. The van der Waals surface area contributed by atoms with Crippen molar-refractivity contribution in [1.29, 1.82) is 0 Å². The summed E-state index contributed by atoms with van der Waals surface area (Å²) in [5.74, 6) is 0.0916. The maximum Gasteiger partial charge on any atom is 0.341 e. The topological polar surface area (TPSA) is 64.6 Å². The van der Waals surface area contributed by atoms with Gasteiger partial charge in [-0.2, -0.15) is 0 Å². The highest BCUT2D eigenvalue weighted by Crippen LogP contribution is 2.40. The Balaban J connectivity index is 1.67. The Morgan fingerprint density at radius 2 is 1.77 bits per heavy atom. The number of anilines is 1. The summed E-state index contributed by atoms with van der Waals surface area (Å²) in [6, 6.07) is 16.7. The Labute approximate surface area is 191 Å². The number of esters is 1.